The fraction of sp³-hybridized carbons (Fsp3) is 0.300. The van der Waals surface area contributed by atoms with Gasteiger partial charge in [-0.3, -0.25) is 5.41 Å². The van der Waals surface area contributed by atoms with Gasteiger partial charge in [-0.15, -0.1) is 0 Å². The van der Waals surface area contributed by atoms with Gasteiger partial charge in [-0.2, -0.15) is 0 Å². The van der Waals surface area contributed by atoms with Gasteiger partial charge in [-0.25, -0.2) is 0 Å². The second-order valence-corrected chi connectivity index (χ2v) is 2.81. The van der Waals surface area contributed by atoms with E-state index in [1.54, 1.807) is 0 Å². The molecule has 2 heteroatoms. The molecule has 1 rings (SSSR count). The van der Waals surface area contributed by atoms with Crippen LogP contribution in [0.25, 0.3) is 0 Å². The molecule has 0 aliphatic carbocycles. The average Bonchev–Trinajstić information content (AvgIpc) is 2.16. The zero-order valence-electron chi connectivity index (χ0n) is 7.21. The van der Waals surface area contributed by atoms with Gasteiger partial charge in [0.05, 0.1) is 6.34 Å². The van der Waals surface area contributed by atoms with Gasteiger partial charge in [0.2, 0.25) is 0 Å². The first kappa shape index (κ1) is 8.78. The normalized spacial score (nSPS) is 17.5. The van der Waals surface area contributed by atoms with Gasteiger partial charge in [0.15, 0.2) is 0 Å². The maximum atomic E-state index is 7.10. The first-order valence-corrected chi connectivity index (χ1v) is 4.03. The van der Waals surface area contributed by atoms with Crippen LogP contribution in [0.3, 0.4) is 0 Å². The lowest BCUT2D eigenvalue weighted by Crippen LogP contribution is -2.29. The van der Waals surface area contributed by atoms with Crippen molar-refractivity contribution in [1.82, 2.24) is 4.90 Å². The molecule has 0 unspecified atom stereocenters. The average molecular weight is 162 g/mol. The summed E-state index contributed by atoms with van der Waals surface area (Å²) in [7, 11) is 0. The molecule has 1 heterocycles. The molecule has 0 aromatic rings. The molecule has 0 spiro atoms. The van der Waals surface area contributed by atoms with Crippen molar-refractivity contribution in [3.05, 3.63) is 36.5 Å². The zero-order chi connectivity index (χ0) is 8.97. The second kappa shape index (κ2) is 3.90. The second-order valence-electron chi connectivity index (χ2n) is 2.81. The lowest BCUT2D eigenvalue weighted by atomic mass is 10.0. The van der Waals surface area contributed by atoms with Crippen molar-refractivity contribution in [3.8, 4) is 0 Å². The molecule has 0 saturated heterocycles. The molecular weight excluding hydrogens is 148 g/mol. The summed E-state index contributed by atoms with van der Waals surface area (Å²) in [5.74, 6) is 0. The van der Waals surface area contributed by atoms with E-state index in [2.05, 4.69) is 13.2 Å². The number of nitrogens with one attached hydrogen (secondary N) is 1. The van der Waals surface area contributed by atoms with Crippen molar-refractivity contribution >= 4 is 6.34 Å². The summed E-state index contributed by atoms with van der Waals surface area (Å²) in [6, 6.07) is 0. The van der Waals surface area contributed by atoms with Gasteiger partial charge >= 0.3 is 0 Å². The summed E-state index contributed by atoms with van der Waals surface area (Å²) in [6.07, 6.45) is 6.09. The van der Waals surface area contributed by atoms with Crippen LogP contribution in [-0.4, -0.2) is 24.3 Å². The number of nitrogens with zero attached hydrogens (tertiary/aromatic N) is 1. The van der Waals surface area contributed by atoms with Crippen LogP contribution in [0.5, 0.6) is 0 Å². The summed E-state index contributed by atoms with van der Waals surface area (Å²) in [6.45, 7) is 9.21. The van der Waals surface area contributed by atoms with Gasteiger partial charge in [-0.05, 0) is 17.6 Å². The molecule has 0 aromatic heterocycles. The minimum Gasteiger partial charge on any atom is -0.358 e. The van der Waals surface area contributed by atoms with E-state index in [1.165, 1.54) is 17.5 Å². The van der Waals surface area contributed by atoms with Crippen LogP contribution in [0.1, 0.15) is 6.42 Å². The van der Waals surface area contributed by atoms with Crippen LogP contribution in [0.4, 0.5) is 0 Å². The Balaban J connectivity index is 2.82. The van der Waals surface area contributed by atoms with Gasteiger partial charge in [0.25, 0.3) is 0 Å². The summed E-state index contributed by atoms with van der Waals surface area (Å²) < 4.78 is 0. The Hall–Kier alpha value is -1.31. The van der Waals surface area contributed by atoms with Crippen molar-refractivity contribution < 1.29 is 0 Å². The molecule has 12 heavy (non-hydrogen) atoms. The topological polar surface area (TPSA) is 27.1 Å². The van der Waals surface area contributed by atoms with Crippen molar-refractivity contribution in [2.45, 2.75) is 6.42 Å². The Morgan fingerprint density at radius 3 is 2.42 bits per heavy atom. The minimum absolute atomic E-state index is 0.800. The van der Waals surface area contributed by atoms with Crippen LogP contribution >= 0.6 is 0 Å². The number of allylic oxidation sites excluding steroid dienone is 1. The lowest BCUT2D eigenvalue weighted by molar-refractivity contribution is 0.449. The molecule has 0 bridgehead atoms. The Kier molecular flexibility index (Phi) is 2.86. The van der Waals surface area contributed by atoms with E-state index < -0.39 is 0 Å². The third-order valence-electron chi connectivity index (χ3n) is 2.13. The SMILES string of the molecule is C=CC1=C(C=C)CN(C=N)CC1. The van der Waals surface area contributed by atoms with Crippen LogP contribution in [0, 0.1) is 5.41 Å². The van der Waals surface area contributed by atoms with Gasteiger partial charge < -0.3 is 4.90 Å². The Labute approximate surface area is 73.4 Å². The molecule has 0 amide bonds. The lowest BCUT2D eigenvalue weighted by Gasteiger charge is -2.26. The minimum atomic E-state index is 0.800. The molecule has 0 fully saturated rings. The number of hydrogen-bond acceptors (Lipinski definition) is 1. The zero-order valence-corrected chi connectivity index (χ0v) is 7.21. The molecule has 64 valence electrons. The van der Waals surface area contributed by atoms with Gasteiger partial charge in [0, 0.05) is 13.1 Å². The highest BCUT2D eigenvalue weighted by atomic mass is 15.1. The molecule has 0 radical (unpaired) electrons. The molecule has 0 atom stereocenters. The van der Waals surface area contributed by atoms with Crippen molar-refractivity contribution in [2.75, 3.05) is 13.1 Å². The van der Waals surface area contributed by atoms with Crippen LogP contribution < -0.4 is 0 Å². The van der Waals surface area contributed by atoms with Crippen LogP contribution in [-0.2, 0) is 0 Å². The Bertz CT molecular complexity index is 238. The van der Waals surface area contributed by atoms with Crippen molar-refractivity contribution in [2.24, 2.45) is 0 Å². The highest BCUT2D eigenvalue weighted by Gasteiger charge is 2.11. The smallest absolute Gasteiger partial charge is 0.0820 e. The third kappa shape index (κ3) is 1.64. The predicted octanol–water partition coefficient (Wildman–Crippen LogP) is 1.97. The molecule has 1 aliphatic heterocycles. The van der Waals surface area contributed by atoms with E-state index in [0.29, 0.717) is 0 Å². The molecular formula is C10H14N2. The van der Waals surface area contributed by atoms with E-state index in [4.69, 9.17) is 5.41 Å². The molecule has 1 N–H and O–H groups in total. The predicted molar refractivity (Wildman–Crippen MR) is 52.4 cm³/mol. The van der Waals surface area contributed by atoms with Gasteiger partial charge in [-0.1, -0.05) is 25.3 Å². The summed E-state index contributed by atoms with van der Waals surface area (Å²) in [5, 5.41) is 7.10. The first-order chi connectivity index (χ1) is 5.81. The van der Waals surface area contributed by atoms with E-state index >= 15 is 0 Å². The summed E-state index contributed by atoms with van der Waals surface area (Å²) >= 11 is 0. The molecule has 0 aromatic carbocycles. The molecule has 0 saturated carbocycles. The number of rotatable bonds is 3. The molecule has 1 aliphatic rings. The van der Waals surface area contributed by atoms with E-state index in [0.717, 1.165) is 19.5 Å². The maximum Gasteiger partial charge on any atom is 0.0820 e. The third-order valence-corrected chi connectivity index (χ3v) is 2.13. The first-order valence-electron chi connectivity index (χ1n) is 4.03. The van der Waals surface area contributed by atoms with E-state index in [-0.39, 0.29) is 0 Å². The van der Waals surface area contributed by atoms with Gasteiger partial charge in [0.1, 0.15) is 0 Å². The van der Waals surface area contributed by atoms with Crippen molar-refractivity contribution in [3.63, 3.8) is 0 Å². The van der Waals surface area contributed by atoms with E-state index in [1.807, 2.05) is 17.1 Å². The summed E-state index contributed by atoms with van der Waals surface area (Å²) in [5.41, 5.74) is 2.46. The quantitative estimate of drug-likeness (QED) is 0.498. The van der Waals surface area contributed by atoms with Crippen LogP contribution in [0.2, 0.25) is 0 Å². The van der Waals surface area contributed by atoms with Crippen molar-refractivity contribution in [1.29, 1.82) is 5.41 Å². The summed E-state index contributed by atoms with van der Waals surface area (Å²) in [4.78, 5) is 1.96. The van der Waals surface area contributed by atoms with Crippen LogP contribution in [0.15, 0.2) is 36.5 Å². The fourth-order valence-electron chi connectivity index (χ4n) is 1.36. The fourth-order valence-corrected chi connectivity index (χ4v) is 1.36. The highest BCUT2D eigenvalue weighted by molar-refractivity contribution is 5.53. The monoisotopic (exact) mass is 162 g/mol. The Morgan fingerprint density at radius 2 is 1.92 bits per heavy atom. The highest BCUT2D eigenvalue weighted by Crippen LogP contribution is 2.18. The van der Waals surface area contributed by atoms with E-state index in [9.17, 15) is 0 Å². The number of hydrogen-bond donors (Lipinski definition) is 1. The molecule has 2 nitrogen and oxygen atoms in total. The Morgan fingerprint density at radius 1 is 1.25 bits per heavy atom. The largest absolute Gasteiger partial charge is 0.358 e. The standard InChI is InChI=1S/C10H14N2/c1-3-9-5-6-12(8-11)7-10(9)4-2/h3-4,8,11H,1-2,5-7H2. The maximum absolute atomic E-state index is 7.10.